The van der Waals surface area contributed by atoms with Gasteiger partial charge < -0.3 is 15.2 Å². The third-order valence-electron chi connectivity index (χ3n) is 4.21. The Labute approximate surface area is 156 Å². The first kappa shape index (κ1) is 20.2. The first-order valence-corrected chi connectivity index (χ1v) is 8.38. The molecule has 1 fully saturated rings. The Morgan fingerprint density at radius 2 is 2.00 bits per heavy atom. The molecule has 1 aromatic heterocycles. The molecule has 7 heteroatoms. The second kappa shape index (κ2) is 10.1. The van der Waals surface area contributed by atoms with Crippen molar-refractivity contribution in [3.63, 3.8) is 0 Å². The van der Waals surface area contributed by atoms with Crippen molar-refractivity contribution in [3.8, 4) is 0 Å². The predicted octanol–water partition coefficient (Wildman–Crippen LogP) is 3.10. The maximum absolute atomic E-state index is 5.24. The molecule has 0 atom stereocenters. The lowest BCUT2D eigenvalue weighted by Crippen LogP contribution is -2.45. The number of aromatic nitrogens is 2. The van der Waals surface area contributed by atoms with Crippen LogP contribution in [0.5, 0.6) is 0 Å². The van der Waals surface area contributed by atoms with E-state index in [0.717, 1.165) is 24.2 Å². The topological polar surface area (TPSA) is 75.3 Å². The van der Waals surface area contributed by atoms with E-state index in [-0.39, 0.29) is 24.0 Å². The Kier molecular flexibility index (Phi) is 8.86. The van der Waals surface area contributed by atoms with Crippen LogP contribution < -0.4 is 10.6 Å². The minimum atomic E-state index is 0. The van der Waals surface area contributed by atoms with E-state index in [1.54, 1.807) is 0 Å². The minimum absolute atomic E-state index is 0. The fourth-order valence-electron chi connectivity index (χ4n) is 2.68. The zero-order valence-electron chi connectivity index (χ0n) is 14.6. The highest BCUT2D eigenvalue weighted by Gasteiger charge is 2.18. The molecule has 0 saturated heterocycles. The van der Waals surface area contributed by atoms with E-state index in [9.17, 15) is 0 Å². The van der Waals surface area contributed by atoms with Crippen LogP contribution in [-0.2, 0) is 6.42 Å². The molecule has 1 aliphatic rings. The van der Waals surface area contributed by atoms with E-state index < -0.39 is 0 Å². The van der Waals surface area contributed by atoms with E-state index in [1.807, 2.05) is 7.05 Å². The lowest BCUT2D eigenvalue weighted by atomic mass is 9.87. The quantitative estimate of drug-likeness (QED) is 0.423. The fraction of sp³-hybridized carbons (Fsp3) is 0.812. The molecular weight excluding hydrogens is 405 g/mol. The molecule has 0 aliphatic heterocycles. The van der Waals surface area contributed by atoms with Crippen LogP contribution in [-0.4, -0.2) is 35.7 Å². The Bertz CT molecular complexity index is 481. The van der Waals surface area contributed by atoms with Crippen LogP contribution in [0.15, 0.2) is 9.52 Å². The molecular formula is C16H30IN5O. The molecule has 0 aromatic carbocycles. The molecule has 0 bridgehead atoms. The van der Waals surface area contributed by atoms with Gasteiger partial charge in [0.1, 0.15) is 0 Å². The Morgan fingerprint density at radius 3 is 2.57 bits per heavy atom. The van der Waals surface area contributed by atoms with Gasteiger partial charge in [-0.05, 0) is 31.6 Å². The number of nitrogens with one attached hydrogen (secondary N) is 2. The maximum atomic E-state index is 5.24. The van der Waals surface area contributed by atoms with Crippen molar-refractivity contribution in [3.05, 3.63) is 11.7 Å². The zero-order chi connectivity index (χ0) is 15.9. The van der Waals surface area contributed by atoms with E-state index in [2.05, 4.69) is 46.5 Å². The number of aliphatic imine (C=N–C) groups is 1. The highest BCUT2D eigenvalue weighted by molar-refractivity contribution is 14.0. The average molecular weight is 435 g/mol. The van der Waals surface area contributed by atoms with Gasteiger partial charge in [0.15, 0.2) is 11.8 Å². The number of nitrogens with zero attached hydrogens (tertiary/aromatic N) is 3. The van der Waals surface area contributed by atoms with E-state index in [4.69, 9.17) is 4.52 Å². The summed E-state index contributed by atoms with van der Waals surface area (Å²) in [6.45, 7) is 7.19. The van der Waals surface area contributed by atoms with Gasteiger partial charge in [0, 0.05) is 32.0 Å². The number of hydrogen-bond acceptors (Lipinski definition) is 4. The number of halogens is 1. The van der Waals surface area contributed by atoms with E-state index in [0.29, 0.717) is 24.3 Å². The molecule has 2 N–H and O–H groups in total. The van der Waals surface area contributed by atoms with Crippen LogP contribution in [0.3, 0.4) is 0 Å². The molecule has 2 rings (SSSR count). The molecule has 1 heterocycles. The molecule has 0 amide bonds. The normalized spacial score (nSPS) is 21.9. The number of guanidine groups is 1. The van der Waals surface area contributed by atoms with Gasteiger partial charge in [-0.2, -0.15) is 4.98 Å². The molecule has 1 aliphatic carbocycles. The Hall–Kier alpha value is -0.860. The Balaban J connectivity index is 0.00000264. The van der Waals surface area contributed by atoms with Gasteiger partial charge in [-0.3, -0.25) is 4.99 Å². The highest BCUT2D eigenvalue weighted by Crippen LogP contribution is 2.23. The van der Waals surface area contributed by atoms with E-state index in [1.165, 1.54) is 25.7 Å². The summed E-state index contributed by atoms with van der Waals surface area (Å²) in [5, 5.41) is 10.8. The molecule has 0 radical (unpaired) electrons. The van der Waals surface area contributed by atoms with Gasteiger partial charge in [0.2, 0.25) is 5.89 Å². The van der Waals surface area contributed by atoms with Crippen molar-refractivity contribution in [2.24, 2.45) is 10.9 Å². The van der Waals surface area contributed by atoms with Crippen LogP contribution in [0.1, 0.15) is 64.1 Å². The fourth-order valence-corrected chi connectivity index (χ4v) is 2.68. The van der Waals surface area contributed by atoms with Crippen molar-refractivity contribution < 1.29 is 4.52 Å². The monoisotopic (exact) mass is 435 g/mol. The molecule has 0 unspecified atom stereocenters. The summed E-state index contributed by atoms with van der Waals surface area (Å²) < 4.78 is 5.24. The molecule has 6 nitrogen and oxygen atoms in total. The summed E-state index contributed by atoms with van der Waals surface area (Å²) in [5.74, 6) is 3.48. The third-order valence-corrected chi connectivity index (χ3v) is 4.21. The maximum Gasteiger partial charge on any atom is 0.228 e. The average Bonchev–Trinajstić information content (AvgIpc) is 2.97. The largest absolute Gasteiger partial charge is 0.356 e. The lowest BCUT2D eigenvalue weighted by Gasteiger charge is -2.28. The summed E-state index contributed by atoms with van der Waals surface area (Å²) in [6, 6.07) is 0.540. The van der Waals surface area contributed by atoms with Crippen molar-refractivity contribution in [2.75, 3.05) is 13.6 Å². The first-order chi connectivity index (χ1) is 10.6. The van der Waals surface area contributed by atoms with Gasteiger partial charge in [-0.25, -0.2) is 0 Å². The van der Waals surface area contributed by atoms with Crippen LogP contribution >= 0.6 is 24.0 Å². The molecule has 1 aromatic rings. The summed E-state index contributed by atoms with van der Waals surface area (Å²) in [6.07, 6.45) is 5.76. The first-order valence-electron chi connectivity index (χ1n) is 8.38. The summed E-state index contributed by atoms with van der Waals surface area (Å²) >= 11 is 0. The smallest absolute Gasteiger partial charge is 0.228 e. The minimum Gasteiger partial charge on any atom is -0.356 e. The third kappa shape index (κ3) is 6.64. The van der Waals surface area contributed by atoms with Crippen LogP contribution in [0.2, 0.25) is 0 Å². The van der Waals surface area contributed by atoms with Crippen LogP contribution in [0.4, 0.5) is 0 Å². The summed E-state index contributed by atoms with van der Waals surface area (Å²) in [7, 11) is 1.81. The van der Waals surface area contributed by atoms with Crippen molar-refractivity contribution in [1.29, 1.82) is 0 Å². The second-order valence-electron chi connectivity index (χ2n) is 6.55. The standard InChI is InChI=1S/C16H29N5O.HI/c1-11(2)15-20-14(22-21-15)9-10-18-16(17-4)19-13-7-5-12(3)6-8-13;/h11-13H,5-10H2,1-4H3,(H2,17,18,19);1H. The highest BCUT2D eigenvalue weighted by atomic mass is 127. The van der Waals surface area contributed by atoms with Crippen molar-refractivity contribution in [1.82, 2.24) is 20.8 Å². The van der Waals surface area contributed by atoms with Gasteiger partial charge in [0.25, 0.3) is 0 Å². The van der Waals surface area contributed by atoms with Crippen LogP contribution in [0, 0.1) is 5.92 Å². The van der Waals surface area contributed by atoms with E-state index >= 15 is 0 Å². The van der Waals surface area contributed by atoms with Crippen molar-refractivity contribution in [2.45, 2.75) is 64.8 Å². The van der Waals surface area contributed by atoms with Crippen LogP contribution in [0.25, 0.3) is 0 Å². The zero-order valence-corrected chi connectivity index (χ0v) is 17.0. The van der Waals surface area contributed by atoms with Gasteiger partial charge in [-0.1, -0.05) is 25.9 Å². The second-order valence-corrected chi connectivity index (χ2v) is 6.55. The van der Waals surface area contributed by atoms with Gasteiger partial charge >= 0.3 is 0 Å². The summed E-state index contributed by atoms with van der Waals surface area (Å²) in [4.78, 5) is 8.67. The summed E-state index contributed by atoms with van der Waals surface area (Å²) in [5.41, 5.74) is 0. The lowest BCUT2D eigenvalue weighted by molar-refractivity contribution is 0.329. The van der Waals surface area contributed by atoms with Gasteiger partial charge in [0.05, 0.1) is 0 Å². The van der Waals surface area contributed by atoms with Crippen molar-refractivity contribution >= 4 is 29.9 Å². The number of hydrogen-bond donors (Lipinski definition) is 2. The molecule has 0 spiro atoms. The predicted molar refractivity (Wildman–Crippen MR) is 103 cm³/mol. The molecule has 1 saturated carbocycles. The molecule has 23 heavy (non-hydrogen) atoms. The SMILES string of the molecule is CN=C(NCCc1nc(C(C)C)no1)NC1CCC(C)CC1.I. The molecule has 132 valence electrons. The number of rotatable bonds is 5. The van der Waals surface area contributed by atoms with Gasteiger partial charge in [-0.15, -0.1) is 24.0 Å². The Morgan fingerprint density at radius 1 is 1.30 bits per heavy atom.